The molecule has 0 saturated carbocycles. The summed E-state index contributed by atoms with van der Waals surface area (Å²) in [6, 6.07) is 11.6. The lowest BCUT2D eigenvalue weighted by Gasteiger charge is -2.43. The van der Waals surface area contributed by atoms with Crippen LogP contribution in [0.4, 0.5) is 0 Å². The van der Waals surface area contributed by atoms with Gasteiger partial charge in [-0.25, -0.2) is 0 Å². The SMILES string of the molecule is CC(C)CN(CCCN)CC(C)CC1CN(CCCN)CCN1Cc1ccccc1. The third-order valence-corrected chi connectivity index (χ3v) is 6.14. The fourth-order valence-corrected chi connectivity index (χ4v) is 4.79. The zero-order chi connectivity index (χ0) is 21.8. The molecule has 1 aliphatic heterocycles. The molecule has 172 valence electrons. The zero-order valence-corrected chi connectivity index (χ0v) is 19.8. The third kappa shape index (κ3) is 9.44. The maximum atomic E-state index is 5.79. The first kappa shape index (κ1) is 25.3. The molecule has 2 rings (SSSR count). The maximum Gasteiger partial charge on any atom is 0.0237 e. The lowest BCUT2D eigenvalue weighted by atomic mass is 9.96. The quantitative estimate of drug-likeness (QED) is 0.487. The Bertz CT molecular complexity index is 550. The van der Waals surface area contributed by atoms with Gasteiger partial charge >= 0.3 is 0 Å². The van der Waals surface area contributed by atoms with Gasteiger partial charge in [0.15, 0.2) is 0 Å². The molecule has 1 saturated heterocycles. The summed E-state index contributed by atoms with van der Waals surface area (Å²) < 4.78 is 0. The molecule has 0 amide bonds. The van der Waals surface area contributed by atoms with Crippen molar-refractivity contribution in [1.29, 1.82) is 0 Å². The Kier molecular flexibility index (Phi) is 11.9. The van der Waals surface area contributed by atoms with E-state index in [1.807, 2.05) is 0 Å². The summed E-state index contributed by atoms with van der Waals surface area (Å²) in [5, 5.41) is 0. The summed E-state index contributed by atoms with van der Waals surface area (Å²) in [4.78, 5) is 7.99. The van der Waals surface area contributed by atoms with Crippen molar-refractivity contribution in [2.45, 2.75) is 52.6 Å². The molecule has 0 aliphatic carbocycles. The molecule has 0 spiro atoms. The van der Waals surface area contributed by atoms with Gasteiger partial charge in [-0.3, -0.25) is 4.90 Å². The average molecular weight is 418 g/mol. The fraction of sp³-hybridized carbons (Fsp3) is 0.760. The first-order valence-electron chi connectivity index (χ1n) is 12.1. The van der Waals surface area contributed by atoms with Crippen LogP contribution in [0.1, 0.15) is 45.6 Å². The van der Waals surface area contributed by atoms with Crippen molar-refractivity contribution >= 4 is 0 Å². The second-order valence-corrected chi connectivity index (χ2v) is 9.69. The largest absolute Gasteiger partial charge is 0.330 e. The van der Waals surface area contributed by atoms with Crippen LogP contribution in [0.25, 0.3) is 0 Å². The van der Waals surface area contributed by atoms with E-state index >= 15 is 0 Å². The first-order chi connectivity index (χ1) is 14.5. The molecular formula is C25H47N5. The molecule has 1 heterocycles. The Morgan fingerprint density at radius 2 is 1.73 bits per heavy atom. The minimum Gasteiger partial charge on any atom is -0.330 e. The predicted molar refractivity (Wildman–Crippen MR) is 129 cm³/mol. The van der Waals surface area contributed by atoms with Gasteiger partial charge < -0.3 is 21.3 Å². The van der Waals surface area contributed by atoms with E-state index in [4.69, 9.17) is 11.5 Å². The van der Waals surface area contributed by atoms with Gasteiger partial charge in [0.05, 0.1) is 0 Å². The number of rotatable bonds is 14. The van der Waals surface area contributed by atoms with E-state index in [1.165, 1.54) is 31.6 Å². The van der Waals surface area contributed by atoms with Gasteiger partial charge in [0, 0.05) is 45.3 Å². The molecule has 0 radical (unpaired) electrons. The Morgan fingerprint density at radius 1 is 1.00 bits per heavy atom. The molecule has 5 heteroatoms. The van der Waals surface area contributed by atoms with E-state index in [-0.39, 0.29) is 0 Å². The molecule has 0 aromatic heterocycles. The summed E-state index contributed by atoms with van der Waals surface area (Å²) >= 11 is 0. The predicted octanol–water partition coefficient (Wildman–Crippen LogP) is 2.85. The second-order valence-electron chi connectivity index (χ2n) is 9.69. The molecule has 1 aromatic carbocycles. The third-order valence-electron chi connectivity index (χ3n) is 6.14. The Labute approximate surface area is 185 Å². The van der Waals surface area contributed by atoms with Crippen LogP contribution < -0.4 is 11.5 Å². The highest BCUT2D eigenvalue weighted by molar-refractivity contribution is 5.14. The number of nitrogens with zero attached hydrogens (tertiary/aromatic N) is 3. The van der Waals surface area contributed by atoms with Gasteiger partial charge in [-0.2, -0.15) is 0 Å². The van der Waals surface area contributed by atoms with Gasteiger partial charge in [-0.05, 0) is 62.8 Å². The molecule has 5 nitrogen and oxygen atoms in total. The van der Waals surface area contributed by atoms with E-state index in [1.54, 1.807) is 0 Å². The van der Waals surface area contributed by atoms with Crippen LogP contribution >= 0.6 is 0 Å². The minimum absolute atomic E-state index is 0.613. The number of hydrogen-bond donors (Lipinski definition) is 2. The average Bonchev–Trinajstić information content (AvgIpc) is 2.72. The molecular weight excluding hydrogens is 370 g/mol. The van der Waals surface area contributed by atoms with Crippen LogP contribution in [0.5, 0.6) is 0 Å². The van der Waals surface area contributed by atoms with Gasteiger partial charge in [-0.1, -0.05) is 51.1 Å². The molecule has 2 atom stereocenters. The molecule has 0 bridgehead atoms. The number of nitrogens with two attached hydrogens (primary N) is 2. The Morgan fingerprint density at radius 3 is 2.40 bits per heavy atom. The van der Waals surface area contributed by atoms with Gasteiger partial charge in [-0.15, -0.1) is 0 Å². The Balaban J connectivity index is 1.98. The zero-order valence-electron chi connectivity index (χ0n) is 19.8. The number of piperazine rings is 1. The summed E-state index contributed by atoms with van der Waals surface area (Å²) in [6.07, 6.45) is 3.45. The van der Waals surface area contributed by atoms with Gasteiger partial charge in [0.2, 0.25) is 0 Å². The number of hydrogen-bond acceptors (Lipinski definition) is 5. The van der Waals surface area contributed by atoms with Crippen molar-refractivity contribution in [2.24, 2.45) is 23.3 Å². The van der Waals surface area contributed by atoms with Crippen molar-refractivity contribution in [3.63, 3.8) is 0 Å². The Hall–Kier alpha value is -0.980. The molecule has 30 heavy (non-hydrogen) atoms. The molecule has 1 aliphatic rings. The fourth-order valence-electron chi connectivity index (χ4n) is 4.79. The van der Waals surface area contributed by atoms with E-state index in [0.717, 1.165) is 58.7 Å². The smallest absolute Gasteiger partial charge is 0.0237 e. The van der Waals surface area contributed by atoms with Crippen molar-refractivity contribution in [3.8, 4) is 0 Å². The van der Waals surface area contributed by atoms with Crippen molar-refractivity contribution in [2.75, 3.05) is 58.9 Å². The summed E-state index contributed by atoms with van der Waals surface area (Å²) in [5.74, 6) is 1.38. The summed E-state index contributed by atoms with van der Waals surface area (Å²) in [5.41, 5.74) is 13.0. The summed E-state index contributed by atoms with van der Waals surface area (Å²) in [7, 11) is 0. The van der Waals surface area contributed by atoms with Crippen LogP contribution in [0.2, 0.25) is 0 Å². The normalized spacial score (nSPS) is 19.6. The highest BCUT2D eigenvalue weighted by Crippen LogP contribution is 2.21. The van der Waals surface area contributed by atoms with Crippen LogP contribution in [-0.4, -0.2) is 79.6 Å². The van der Waals surface area contributed by atoms with Gasteiger partial charge in [0.25, 0.3) is 0 Å². The highest BCUT2D eigenvalue weighted by Gasteiger charge is 2.28. The molecule has 2 unspecified atom stereocenters. The second kappa shape index (κ2) is 14.2. The van der Waals surface area contributed by atoms with Crippen molar-refractivity contribution in [1.82, 2.24) is 14.7 Å². The lowest BCUT2D eigenvalue weighted by Crippen LogP contribution is -2.53. The van der Waals surface area contributed by atoms with E-state index in [2.05, 4.69) is 65.8 Å². The van der Waals surface area contributed by atoms with Crippen LogP contribution in [0.3, 0.4) is 0 Å². The molecule has 1 fully saturated rings. The van der Waals surface area contributed by atoms with E-state index in [9.17, 15) is 0 Å². The number of benzene rings is 1. The standard InChI is InChI=1S/C25H47N5/c1-22(2)18-29(14-8-12-27)19-23(3)17-25-21-28(13-7-11-26)15-16-30(25)20-24-9-5-4-6-10-24/h4-6,9-10,22-23,25H,7-8,11-21,26-27H2,1-3H3. The highest BCUT2D eigenvalue weighted by atomic mass is 15.3. The molecule has 1 aromatic rings. The van der Waals surface area contributed by atoms with Crippen LogP contribution in [0.15, 0.2) is 30.3 Å². The maximum absolute atomic E-state index is 5.79. The first-order valence-corrected chi connectivity index (χ1v) is 12.1. The summed E-state index contributed by atoms with van der Waals surface area (Å²) in [6.45, 7) is 17.8. The van der Waals surface area contributed by atoms with Gasteiger partial charge in [0.1, 0.15) is 0 Å². The topological polar surface area (TPSA) is 61.8 Å². The molecule has 4 N–H and O–H groups in total. The van der Waals surface area contributed by atoms with Crippen LogP contribution in [0, 0.1) is 11.8 Å². The van der Waals surface area contributed by atoms with E-state index in [0.29, 0.717) is 17.9 Å². The monoisotopic (exact) mass is 417 g/mol. The van der Waals surface area contributed by atoms with Crippen molar-refractivity contribution < 1.29 is 0 Å². The van der Waals surface area contributed by atoms with Crippen molar-refractivity contribution in [3.05, 3.63) is 35.9 Å². The lowest BCUT2D eigenvalue weighted by molar-refractivity contribution is 0.0513. The van der Waals surface area contributed by atoms with E-state index < -0.39 is 0 Å². The van der Waals surface area contributed by atoms with Crippen LogP contribution in [-0.2, 0) is 6.54 Å². The minimum atomic E-state index is 0.613.